The number of phenolic OH excluding ortho intramolecular Hbond substituents is 1. The Labute approximate surface area is 260 Å². The molecule has 0 saturated carbocycles. The van der Waals surface area contributed by atoms with E-state index in [9.17, 15) is 44.1 Å². The zero-order valence-electron chi connectivity index (χ0n) is 25.4. The zero-order chi connectivity index (χ0) is 33.7. The van der Waals surface area contributed by atoms with Crippen LogP contribution < -0.4 is 27.0 Å². The van der Waals surface area contributed by atoms with Gasteiger partial charge in [-0.3, -0.25) is 24.0 Å². The van der Waals surface area contributed by atoms with E-state index in [1.165, 1.54) is 19.1 Å². The summed E-state index contributed by atoms with van der Waals surface area (Å²) >= 11 is 0. The molecule has 14 nitrogen and oxygen atoms in total. The van der Waals surface area contributed by atoms with Crippen molar-refractivity contribution in [1.82, 2.24) is 21.3 Å². The van der Waals surface area contributed by atoms with Gasteiger partial charge in [0.25, 0.3) is 0 Å². The van der Waals surface area contributed by atoms with Crippen LogP contribution in [0.5, 0.6) is 5.75 Å². The van der Waals surface area contributed by atoms with Gasteiger partial charge >= 0.3 is 11.9 Å². The van der Waals surface area contributed by atoms with Crippen molar-refractivity contribution in [2.75, 3.05) is 0 Å². The molecule has 0 bridgehead atoms. The van der Waals surface area contributed by atoms with Gasteiger partial charge in [-0.15, -0.1) is 0 Å². The molecule has 14 heteroatoms. The molecule has 45 heavy (non-hydrogen) atoms. The topological polar surface area (TPSA) is 237 Å². The van der Waals surface area contributed by atoms with Gasteiger partial charge in [0.2, 0.25) is 23.6 Å². The average Bonchev–Trinajstić information content (AvgIpc) is 2.98. The standard InChI is InChI=1S/C31H41N5O9/c1-17(2)26(31(44)45)36-29(42)23(13-14-25(38)39)34-30(43)24(16-19-7-5-4-6-8-19)35-27(40)18(3)33-28(41)22(32)15-20-9-11-21(37)12-10-20/h4-12,17-18,22-24,26,37H,13-16,32H2,1-3H3,(H,33,41)(H,34,43)(H,35,40)(H,36,42)(H,38,39)(H,44,45). The maximum Gasteiger partial charge on any atom is 0.326 e. The van der Waals surface area contributed by atoms with Crippen LogP contribution in [0.3, 0.4) is 0 Å². The normalized spacial score (nSPS) is 14.2. The van der Waals surface area contributed by atoms with Crippen LogP contribution in [0.15, 0.2) is 54.6 Å². The van der Waals surface area contributed by atoms with Crippen molar-refractivity contribution >= 4 is 35.6 Å². The molecule has 0 aliphatic heterocycles. The maximum atomic E-state index is 13.5. The van der Waals surface area contributed by atoms with Crippen LogP contribution in [0.2, 0.25) is 0 Å². The van der Waals surface area contributed by atoms with E-state index in [4.69, 9.17) is 5.73 Å². The van der Waals surface area contributed by atoms with Gasteiger partial charge in [-0.1, -0.05) is 56.3 Å². The summed E-state index contributed by atoms with van der Waals surface area (Å²) in [6.07, 6.45) is -0.717. The number of carbonyl (C=O) groups excluding carboxylic acids is 4. The molecule has 0 heterocycles. The van der Waals surface area contributed by atoms with E-state index in [-0.39, 0.29) is 25.0 Å². The lowest BCUT2D eigenvalue weighted by atomic mass is 10.0. The van der Waals surface area contributed by atoms with Crippen LogP contribution in [0.1, 0.15) is 44.7 Å². The second kappa shape index (κ2) is 17.3. The number of phenols is 1. The predicted octanol–water partition coefficient (Wildman–Crippen LogP) is 0.0692. The highest BCUT2D eigenvalue weighted by molar-refractivity contribution is 5.95. The van der Waals surface area contributed by atoms with Crippen molar-refractivity contribution in [1.29, 1.82) is 0 Å². The number of carbonyl (C=O) groups is 6. The first-order valence-corrected chi connectivity index (χ1v) is 14.4. The Bertz CT molecular complexity index is 1330. The highest BCUT2D eigenvalue weighted by atomic mass is 16.4. The Morgan fingerprint density at radius 3 is 1.80 bits per heavy atom. The van der Waals surface area contributed by atoms with E-state index in [0.717, 1.165) is 0 Å². The monoisotopic (exact) mass is 627 g/mol. The first kappa shape index (κ1) is 36.2. The van der Waals surface area contributed by atoms with Gasteiger partial charge in [0, 0.05) is 12.8 Å². The number of nitrogens with one attached hydrogen (secondary N) is 4. The molecule has 0 fully saturated rings. The van der Waals surface area contributed by atoms with E-state index in [1.54, 1.807) is 56.3 Å². The molecule has 0 aliphatic rings. The smallest absolute Gasteiger partial charge is 0.326 e. The van der Waals surface area contributed by atoms with E-state index < -0.39 is 78.1 Å². The minimum absolute atomic E-state index is 0.0174. The first-order valence-electron chi connectivity index (χ1n) is 14.4. The van der Waals surface area contributed by atoms with Crippen LogP contribution in [0, 0.1) is 5.92 Å². The molecule has 2 aromatic rings. The third-order valence-corrected chi connectivity index (χ3v) is 6.91. The van der Waals surface area contributed by atoms with Gasteiger partial charge in [0.15, 0.2) is 0 Å². The van der Waals surface area contributed by atoms with Crippen LogP contribution >= 0.6 is 0 Å². The number of carboxylic acid groups (broad SMARTS) is 2. The molecule has 244 valence electrons. The average molecular weight is 628 g/mol. The number of benzene rings is 2. The fraction of sp³-hybridized carbons (Fsp3) is 0.419. The molecule has 9 N–H and O–H groups in total. The SMILES string of the molecule is CC(NC(=O)C(N)Cc1ccc(O)cc1)C(=O)NC(Cc1ccccc1)C(=O)NC(CCC(=O)O)C(=O)NC(C(=O)O)C(C)C. The third kappa shape index (κ3) is 12.3. The molecule has 0 saturated heterocycles. The molecule has 5 atom stereocenters. The summed E-state index contributed by atoms with van der Waals surface area (Å²) < 4.78 is 0. The minimum atomic E-state index is -1.42. The fourth-order valence-electron chi connectivity index (χ4n) is 4.30. The number of aromatic hydroxyl groups is 1. The second-order valence-electron chi connectivity index (χ2n) is 11.0. The summed E-state index contributed by atoms with van der Waals surface area (Å²) in [6.45, 7) is 4.56. The van der Waals surface area contributed by atoms with Crippen LogP contribution in [-0.4, -0.2) is 81.1 Å². The van der Waals surface area contributed by atoms with Crippen molar-refractivity contribution in [2.45, 2.75) is 76.7 Å². The Kier molecular flexibility index (Phi) is 14.0. The number of nitrogens with two attached hydrogens (primary N) is 1. The van der Waals surface area contributed by atoms with Crippen molar-refractivity contribution < 1.29 is 44.1 Å². The lowest BCUT2D eigenvalue weighted by Crippen LogP contribution is -2.59. The highest BCUT2D eigenvalue weighted by Crippen LogP contribution is 2.11. The maximum absolute atomic E-state index is 13.5. The number of hydrogen-bond donors (Lipinski definition) is 8. The lowest BCUT2D eigenvalue weighted by molar-refractivity contribution is -0.144. The quantitative estimate of drug-likeness (QED) is 0.117. The van der Waals surface area contributed by atoms with Crippen molar-refractivity contribution in [3.05, 3.63) is 65.7 Å². The minimum Gasteiger partial charge on any atom is -0.508 e. The summed E-state index contributed by atoms with van der Waals surface area (Å²) in [6, 6.07) is 8.69. The largest absolute Gasteiger partial charge is 0.508 e. The van der Waals surface area contributed by atoms with Crippen LogP contribution in [0.4, 0.5) is 0 Å². The van der Waals surface area contributed by atoms with E-state index in [0.29, 0.717) is 11.1 Å². The van der Waals surface area contributed by atoms with Gasteiger partial charge in [0.1, 0.15) is 29.9 Å². The molecular weight excluding hydrogens is 586 g/mol. The Balaban J connectivity index is 2.18. The number of carboxylic acids is 2. The number of amides is 4. The Morgan fingerprint density at radius 2 is 1.24 bits per heavy atom. The molecule has 2 rings (SSSR count). The van der Waals surface area contributed by atoms with Crippen molar-refractivity contribution in [2.24, 2.45) is 11.7 Å². The summed E-state index contributed by atoms with van der Waals surface area (Å²) in [5.41, 5.74) is 7.35. The number of aliphatic carboxylic acids is 2. The Morgan fingerprint density at radius 1 is 0.689 bits per heavy atom. The third-order valence-electron chi connectivity index (χ3n) is 6.91. The van der Waals surface area contributed by atoms with Gasteiger partial charge in [0.05, 0.1) is 6.04 Å². The summed E-state index contributed by atoms with van der Waals surface area (Å²) in [4.78, 5) is 75.2. The number of rotatable bonds is 17. The molecule has 2 aromatic carbocycles. The summed E-state index contributed by atoms with van der Waals surface area (Å²) in [5.74, 6) is -6.04. The van der Waals surface area contributed by atoms with Gasteiger partial charge in [-0.2, -0.15) is 0 Å². The van der Waals surface area contributed by atoms with E-state index in [2.05, 4.69) is 21.3 Å². The van der Waals surface area contributed by atoms with Gasteiger partial charge in [-0.05, 0) is 48.9 Å². The second-order valence-corrected chi connectivity index (χ2v) is 11.0. The van der Waals surface area contributed by atoms with E-state index in [1.807, 2.05) is 0 Å². The molecule has 0 spiro atoms. The van der Waals surface area contributed by atoms with Crippen molar-refractivity contribution in [3.8, 4) is 5.75 Å². The molecule has 4 amide bonds. The summed E-state index contributed by atoms with van der Waals surface area (Å²) in [5, 5.41) is 38.0. The predicted molar refractivity (Wildman–Crippen MR) is 163 cm³/mol. The molecule has 5 unspecified atom stereocenters. The fourth-order valence-corrected chi connectivity index (χ4v) is 4.30. The molecule has 0 aromatic heterocycles. The van der Waals surface area contributed by atoms with Gasteiger partial charge in [-0.25, -0.2) is 4.79 Å². The van der Waals surface area contributed by atoms with Gasteiger partial charge < -0.3 is 42.3 Å². The first-order chi connectivity index (χ1) is 21.2. The lowest BCUT2D eigenvalue weighted by Gasteiger charge is -2.26. The van der Waals surface area contributed by atoms with Crippen LogP contribution in [0.25, 0.3) is 0 Å². The molecular formula is C31H41N5O9. The zero-order valence-corrected chi connectivity index (χ0v) is 25.4. The van der Waals surface area contributed by atoms with E-state index >= 15 is 0 Å². The Hall–Kier alpha value is -4.98. The number of hydrogen-bond acceptors (Lipinski definition) is 8. The van der Waals surface area contributed by atoms with Crippen LogP contribution in [-0.2, 0) is 41.6 Å². The van der Waals surface area contributed by atoms with Crippen molar-refractivity contribution in [3.63, 3.8) is 0 Å². The summed E-state index contributed by atoms with van der Waals surface area (Å²) in [7, 11) is 0. The molecule has 0 radical (unpaired) electrons. The highest BCUT2D eigenvalue weighted by Gasteiger charge is 2.32. The molecule has 0 aliphatic carbocycles.